The number of benzene rings is 2. The Morgan fingerprint density at radius 3 is 2.50 bits per heavy atom. The smallest absolute Gasteiger partial charge is 0.321 e. The molecular weight excluding hydrogens is 451 g/mol. The van der Waals surface area contributed by atoms with E-state index in [1.54, 1.807) is 35.4 Å². The van der Waals surface area contributed by atoms with Crippen LogP contribution in [0.3, 0.4) is 0 Å². The number of urea groups is 1. The number of nitrogen functional groups attached to an aromatic ring is 1. The molecule has 1 aliphatic heterocycles. The van der Waals surface area contributed by atoms with Crippen molar-refractivity contribution in [1.29, 1.82) is 0 Å². The van der Waals surface area contributed by atoms with E-state index in [9.17, 15) is 4.79 Å². The van der Waals surface area contributed by atoms with Gasteiger partial charge in [-0.05, 0) is 36.4 Å². The number of carbonyl (C=O) groups excluding carboxylic acids is 1. The standard InChI is InChI=1S/C22H22Cl2N6O2/c23-15-11-16(24)13-18(12-15)28-22(31)30-9-7-29(8-10-30)19-3-1-2-4-20(19)32-14-17-5-6-26-21(25)27-17/h1-6,11-13H,7-10,14H2,(H,28,31)(H2,25,26,27). The van der Waals surface area contributed by atoms with Crippen molar-refractivity contribution in [3.05, 3.63) is 70.5 Å². The monoisotopic (exact) mass is 472 g/mol. The lowest BCUT2D eigenvalue weighted by Crippen LogP contribution is -2.50. The number of nitrogens with zero attached hydrogens (tertiary/aromatic N) is 4. The first-order valence-electron chi connectivity index (χ1n) is 10.0. The number of nitrogens with one attached hydrogen (secondary N) is 1. The number of anilines is 3. The van der Waals surface area contributed by atoms with Crippen LogP contribution in [0.1, 0.15) is 5.69 Å². The third-order valence-electron chi connectivity index (χ3n) is 4.99. The molecule has 0 saturated carbocycles. The van der Waals surface area contributed by atoms with Gasteiger partial charge in [-0.3, -0.25) is 0 Å². The Bertz CT molecular complexity index is 1090. The third kappa shape index (κ3) is 5.52. The van der Waals surface area contributed by atoms with Crippen molar-refractivity contribution in [2.75, 3.05) is 42.1 Å². The Hall–Kier alpha value is -3.23. The van der Waals surface area contributed by atoms with E-state index >= 15 is 0 Å². The topological polar surface area (TPSA) is 96.6 Å². The molecule has 2 heterocycles. The van der Waals surface area contributed by atoms with Gasteiger partial charge in [0.25, 0.3) is 0 Å². The van der Waals surface area contributed by atoms with E-state index in [0.29, 0.717) is 47.6 Å². The molecule has 2 aromatic carbocycles. The quantitative estimate of drug-likeness (QED) is 0.574. The molecule has 4 rings (SSSR count). The fourth-order valence-corrected chi connectivity index (χ4v) is 3.99. The maximum atomic E-state index is 12.7. The van der Waals surface area contributed by atoms with Crippen LogP contribution in [-0.4, -0.2) is 47.1 Å². The van der Waals surface area contributed by atoms with Crippen LogP contribution in [-0.2, 0) is 6.61 Å². The predicted molar refractivity (Wildman–Crippen MR) is 126 cm³/mol. The summed E-state index contributed by atoms with van der Waals surface area (Å²) >= 11 is 12.0. The number of hydrogen-bond donors (Lipinski definition) is 2. The van der Waals surface area contributed by atoms with Gasteiger partial charge in [-0.25, -0.2) is 14.8 Å². The lowest BCUT2D eigenvalue weighted by molar-refractivity contribution is 0.208. The van der Waals surface area contributed by atoms with E-state index in [1.165, 1.54) is 0 Å². The van der Waals surface area contributed by atoms with Gasteiger partial charge in [-0.2, -0.15) is 0 Å². The number of amides is 2. The zero-order valence-electron chi connectivity index (χ0n) is 17.2. The lowest BCUT2D eigenvalue weighted by Gasteiger charge is -2.36. The maximum absolute atomic E-state index is 12.7. The second-order valence-electron chi connectivity index (χ2n) is 7.22. The summed E-state index contributed by atoms with van der Waals surface area (Å²) in [5.41, 5.74) is 7.88. The molecule has 0 atom stereocenters. The molecule has 0 unspecified atom stereocenters. The lowest BCUT2D eigenvalue weighted by atomic mass is 10.2. The number of carbonyl (C=O) groups is 1. The van der Waals surface area contributed by atoms with Crippen molar-refractivity contribution in [2.45, 2.75) is 6.61 Å². The predicted octanol–water partition coefficient (Wildman–Crippen LogP) is 4.30. The van der Waals surface area contributed by atoms with E-state index in [-0.39, 0.29) is 18.6 Å². The fourth-order valence-electron chi connectivity index (χ4n) is 3.46. The minimum atomic E-state index is -0.186. The Morgan fingerprint density at radius 1 is 1.06 bits per heavy atom. The molecule has 2 amide bonds. The van der Waals surface area contributed by atoms with Crippen LogP contribution in [0, 0.1) is 0 Å². The Morgan fingerprint density at radius 2 is 1.78 bits per heavy atom. The van der Waals surface area contributed by atoms with Gasteiger partial charge in [0.1, 0.15) is 12.4 Å². The van der Waals surface area contributed by atoms with Crippen molar-refractivity contribution in [3.8, 4) is 5.75 Å². The van der Waals surface area contributed by atoms with Crippen molar-refractivity contribution >= 4 is 46.6 Å². The number of piperazine rings is 1. The highest BCUT2D eigenvalue weighted by Crippen LogP contribution is 2.30. The van der Waals surface area contributed by atoms with E-state index in [2.05, 4.69) is 20.2 Å². The molecule has 1 aromatic heterocycles. The molecule has 1 fully saturated rings. The van der Waals surface area contributed by atoms with Crippen molar-refractivity contribution in [3.63, 3.8) is 0 Å². The molecule has 0 bridgehead atoms. The van der Waals surface area contributed by atoms with Gasteiger partial charge in [-0.15, -0.1) is 0 Å². The first-order chi connectivity index (χ1) is 15.5. The molecule has 8 nitrogen and oxygen atoms in total. The summed E-state index contributed by atoms with van der Waals surface area (Å²) in [6.07, 6.45) is 1.61. The highest BCUT2D eigenvalue weighted by molar-refractivity contribution is 6.35. The molecule has 3 N–H and O–H groups in total. The molecule has 1 aliphatic rings. The van der Waals surface area contributed by atoms with Gasteiger partial charge >= 0.3 is 6.03 Å². The van der Waals surface area contributed by atoms with E-state index in [1.807, 2.05) is 24.3 Å². The summed E-state index contributed by atoms with van der Waals surface area (Å²) < 4.78 is 6.00. The van der Waals surface area contributed by atoms with Crippen molar-refractivity contribution < 1.29 is 9.53 Å². The molecule has 3 aromatic rings. The zero-order chi connectivity index (χ0) is 22.5. The van der Waals surface area contributed by atoms with Crippen LogP contribution in [0.15, 0.2) is 54.7 Å². The van der Waals surface area contributed by atoms with Gasteiger partial charge in [-0.1, -0.05) is 35.3 Å². The average molecular weight is 473 g/mol. The third-order valence-corrected chi connectivity index (χ3v) is 5.43. The number of rotatable bonds is 5. The summed E-state index contributed by atoms with van der Waals surface area (Å²) in [6, 6.07) is 14.4. The normalized spacial score (nSPS) is 13.7. The van der Waals surface area contributed by atoms with Crippen molar-refractivity contribution in [2.24, 2.45) is 0 Å². The molecule has 1 saturated heterocycles. The minimum absolute atomic E-state index is 0.186. The van der Waals surface area contributed by atoms with Crippen LogP contribution in [0.2, 0.25) is 10.0 Å². The SMILES string of the molecule is Nc1nccc(COc2ccccc2N2CCN(C(=O)Nc3cc(Cl)cc(Cl)c3)CC2)n1. The first kappa shape index (κ1) is 22.0. The van der Waals surface area contributed by atoms with Crippen LogP contribution < -0.4 is 20.7 Å². The summed E-state index contributed by atoms with van der Waals surface area (Å²) in [7, 11) is 0. The average Bonchev–Trinajstić information content (AvgIpc) is 2.77. The maximum Gasteiger partial charge on any atom is 0.321 e. The van der Waals surface area contributed by atoms with Crippen LogP contribution in [0.4, 0.5) is 22.1 Å². The molecule has 32 heavy (non-hydrogen) atoms. The van der Waals surface area contributed by atoms with Crippen LogP contribution in [0.5, 0.6) is 5.75 Å². The number of hydrogen-bond acceptors (Lipinski definition) is 6. The molecule has 0 spiro atoms. The fraction of sp³-hybridized carbons (Fsp3) is 0.227. The second kappa shape index (κ2) is 9.93. The van der Waals surface area contributed by atoms with Crippen LogP contribution >= 0.6 is 23.2 Å². The van der Waals surface area contributed by atoms with Gasteiger partial charge in [0, 0.05) is 48.1 Å². The van der Waals surface area contributed by atoms with Gasteiger partial charge in [0.2, 0.25) is 5.95 Å². The Labute approximate surface area is 195 Å². The second-order valence-corrected chi connectivity index (χ2v) is 8.10. The number of ether oxygens (including phenoxy) is 1. The number of halogens is 2. The number of para-hydroxylation sites is 2. The highest BCUT2D eigenvalue weighted by Gasteiger charge is 2.23. The zero-order valence-corrected chi connectivity index (χ0v) is 18.7. The molecular formula is C22H22Cl2N6O2. The summed E-state index contributed by atoms with van der Waals surface area (Å²) in [6.45, 7) is 2.76. The molecule has 0 radical (unpaired) electrons. The minimum Gasteiger partial charge on any atom is -0.485 e. The first-order valence-corrected chi connectivity index (χ1v) is 10.8. The van der Waals surface area contributed by atoms with E-state index in [0.717, 1.165) is 11.4 Å². The van der Waals surface area contributed by atoms with Crippen LogP contribution in [0.25, 0.3) is 0 Å². The molecule has 10 heteroatoms. The Kier molecular flexibility index (Phi) is 6.82. The summed E-state index contributed by atoms with van der Waals surface area (Å²) in [5.74, 6) is 0.963. The van der Waals surface area contributed by atoms with E-state index in [4.69, 9.17) is 33.7 Å². The highest BCUT2D eigenvalue weighted by atomic mass is 35.5. The summed E-state index contributed by atoms with van der Waals surface area (Å²) in [4.78, 5) is 24.7. The number of nitrogens with two attached hydrogens (primary N) is 1. The van der Waals surface area contributed by atoms with Gasteiger partial charge in [0.15, 0.2) is 0 Å². The summed E-state index contributed by atoms with van der Waals surface area (Å²) in [5, 5.41) is 3.80. The Balaban J connectivity index is 1.36. The van der Waals surface area contributed by atoms with Gasteiger partial charge < -0.3 is 25.6 Å². The number of aromatic nitrogens is 2. The largest absolute Gasteiger partial charge is 0.485 e. The molecule has 166 valence electrons. The molecule has 0 aliphatic carbocycles. The van der Waals surface area contributed by atoms with Crippen molar-refractivity contribution in [1.82, 2.24) is 14.9 Å². The van der Waals surface area contributed by atoms with Gasteiger partial charge in [0.05, 0.1) is 11.4 Å². The van der Waals surface area contributed by atoms with E-state index < -0.39 is 0 Å².